The van der Waals surface area contributed by atoms with Crippen molar-refractivity contribution in [2.45, 2.75) is 6.18 Å². The molecule has 0 saturated carbocycles. The molecule has 162 valence electrons. The van der Waals surface area contributed by atoms with E-state index in [1.165, 1.54) is 12.3 Å². The first kappa shape index (κ1) is 23.2. The van der Waals surface area contributed by atoms with Crippen LogP contribution in [0.2, 0.25) is 0 Å². The molecule has 0 aliphatic heterocycles. The average molecular weight is 442 g/mol. The van der Waals surface area contributed by atoms with Crippen molar-refractivity contribution in [3.05, 3.63) is 59.7 Å². The summed E-state index contributed by atoms with van der Waals surface area (Å²) in [6.45, 7) is -0.725. The summed E-state index contributed by atoms with van der Waals surface area (Å²) in [5.74, 6) is -0.806. The van der Waals surface area contributed by atoms with Gasteiger partial charge in [0.2, 0.25) is 10.0 Å². The van der Waals surface area contributed by atoms with Crippen LogP contribution in [0.25, 0.3) is 0 Å². The van der Waals surface area contributed by atoms with Crippen molar-refractivity contribution in [2.75, 3.05) is 36.1 Å². The Bertz CT molecular complexity index is 1020. The standard InChI is InChI=1S/C19H21F3N4O3S/c1-25(2)16-9-7-14(8-10-16)12-23-24-18(27)13-26(30(3,28)29)17-6-4-5-15(11-17)19(20,21)22/h4-12H,13H2,1-3H3,(H,24,27)/b23-12-. The number of nitrogens with one attached hydrogen (secondary N) is 1. The summed E-state index contributed by atoms with van der Waals surface area (Å²) in [7, 11) is -0.237. The van der Waals surface area contributed by atoms with Gasteiger partial charge in [-0.2, -0.15) is 18.3 Å². The zero-order chi connectivity index (χ0) is 22.5. The summed E-state index contributed by atoms with van der Waals surface area (Å²) in [6, 6.07) is 11.0. The lowest BCUT2D eigenvalue weighted by atomic mass is 10.2. The third-order valence-electron chi connectivity index (χ3n) is 3.96. The Morgan fingerprint density at radius 3 is 2.27 bits per heavy atom. The molecule has 11 heteroatoms. The molecule has 2 rings (SSSR count). The van der Waals surface area contributed by atoms with E-state index in [0.29, 0.717) is 15.9 Å². The monoisotopic (exact) mass is 442 g/mol. The highest BCUT2D eigenvalue weighted by molar-refractivity contribution is 7.92. The molecular weight excluding hydrogens is 421 g/mol. The van der Waals surface area contributed by atoms with Gasteiger partial charge in [0, 0.05) is 19.8 Å². The lowest BCUT2D eigenvalue weighted by molar-refractivity contribution is -0.137. The summed E-state index contributed by atoms with van der Waals surface area (Å²) in [5, 5.41) is 3.76. The first-order valence-electron chi connectivity index (χ1n) is 8.62. The summed E-state index contributed by atoms with van der Waals surface area (Å²) >= 11 is 0. The third kappa shape index (κ3) is 6.48. The van der Waals surface area contributed by atoms with Gasteiger partial charge in [-0.3, -0.25) is 9.10 Å². The van der Waals surface area contributed by atoms with Crippen molar-refractivity contribution < 1.29 is 26.4 Å². The van der Waals surface area contributed by atoms with E-state index in [2.05, 4.69) is 10.5 Å². The molecule has 0 aliphatic rings. The van der Waals surface area contributed by atoms with Crippen LogP contribution in [-0.2, 0) is 21.0 Å². The normalized spacial score (nSPS) is 12.1. The Kier molecular flexibility index (Phi) is 7.08. The molecule has 0 saturated heterocycles. The van der Waals surface area contributed by atoms with Crippen molar-refractivity contribution in [1.29, 1.82) is 0 Å². The number of carbonyl (C=O) groups excluding carboxylic acids is 1. The summed E-state index contributed by atoms with van der Waals surface area (Å²) < 4.78 is 63.4. The largest absolute Gasteiger partial charge is 0.416 e. The van der Waals surface area contributed by atoms with E-state index >= 15 is 0 Å². The first-order chi connectivity index (χ1) is 13.9. The molecule has 0 bridgehead atoms. The highest BCUT2D eigenvalue weighted by atomic mass is 32.2. The number of sulfonamides is 1. The number of carbonyl (C=O) groups is 1. The summed E-state index contributed by atoms with van der Waals surface area (Å²) in [4.78, 5) is 14.0. The lowest BCUT2D eigenvalue weighted by Gasteiger charge is -2.22. The number of hydrogen-bond donors (Lipinski definition) is 1. The van der Waals surface area contributed by atoms with Crippen LogP contribution in [-0.4, -0.2) is 47.4 Å². The number of alkyl halides is 3. The minimum Gasteiger partial charge on any atom is -0.378 e. The van der Waals surface area contributed by atoms with E-state index < -0.39 is 34.2 Å². The predicted octanol–water partition coefficient (Wildman–Crippen LogP) is 2.69. The van der Waals surface area contributed by atoms with E-state index in [0.717, 1.165) is 24.1 Å². The number of rotatable bonds is 7. The van der Waals surface area contributed by atoms with Crippen LogP contribution in [0.15, 0.2) is 53.6 Å². The molecule has 2 aromatic carbocycles. The Balaban J connectivity index is 2.11. The van der Waals surface area contributed by atoms with Crippen LogP contribution < -0.4 is 14.6 Å². The van der Waals surface area contributed by atoms with Gasteiger partial charge in [-0.15, -0.1) is 0 Å². The van der Waals surface area contributed by atoms with Crippen molar-refractivity contribution in [3.63, 3.8) is 0 Å². The van der Waals surface area contributed by atoms with Gasteiger partial charge in [-0.1, -0.05) is 18.2 Å². The number of hydrazone groups is 1. The molecule has 0 aromatic heterocycles. The molecule has 0 spiro atoms. The maximum atomic E-state index is 12.9. The highest BCUT2D eigenvalue weighted by Crippen LogP contribution is 2.32. The number of nitrogens with zero attached hydrogens (tertiary/aromatic N) is 3. The predicted molar refractivity (Wildman–Crippen MR) is 110 cm³/mol. The number of benzene rings is 2. The average Bonchev–Trinajstić information content (AvgIpc) is 2.65. The molecule has 0 heterocycles. The SMILES string of the molecule is CN(C)c1ccc(/C=N\NC(=O)CN(c2cccc(C(F)(F)F)c2)S(C)(=O)=O)cc1. The smallest absolute Gasteiger partial charge is 0.378 e. The molecule has 0 unspecified atom stereocenters. The molecular formula is C19H21F3N4O3S. The van der Waals surface area contributed by atoms with Gasteiger partial charge >= 0.3 is 6.18 Å². The Labute approximate surface area is 172 Å². The zero-order valence-corrected chi connectivity index (χ0v) is 17.3. The second kappa shape index (κ2) is 9.16. The van der Waals surface area contributed by atoms with Crippen LogP contribution in [0.5, 0.6) is 0 Å². The number of anilines is 2. The van der Waals surface area contributed by atoms with E-state index in [-0.39, 0.29) is 5.69 Å². The van der Waals surface area contributed by atoms with Gasteiger partial charge in [0.05, 0.1) is 23.7 Å². The Morgan fingerprint density at radius 2 is 1.73 bits per heavy atom. The molecule has 0 radical (unpaired) electrons. The van der Waals surface area contributed by atoms with Gasteiger partial charge in [0.1, 0.15) is 6.54 Å². The second-order valence-electron chi connectivity index (χ2n) is 6.60. The van der Waals surface area contributed by atoms with Gasteiger partial charge < -0.3 is 4.90 Å². The van der Waals surface area contributed by atoms with E-state index in [9.17, 15) is 26.4 Å². The van der Waals surface area contributed by atoms with Crippen LogP contribution in [0.3, 0.4) is 0 Å². The zero-order valence-electron chi connectivity index (χ0n) is 16.5. The van der Waals surface area contributed by atoms with Crippen LogP contribution in [0.1, 0.15) is 11.1 Å². The van der Waals surface area contributed by atoms with Gasteiger partial charge in [0.15, 0.2) is 0 Å². The Hall–Kier alpha value is -3.08. The highest BCUT2D eigenvalue weighted by Gasteiger charge is 2.31. The number of halogens is 3. The van der Waals surface area contributed by atoms with Gasteiger partial charge in [0.25, 0.3) is 5.91 Å². The van der Waals surface area contributed by atoms with Crippen LogP contribution in [0, 0.1) is 0 Å². The van der Waals surface area contributed by atoms with Gasteiger partial charge in [-0.25, -0.2) is 13.8 Å². The minimum atomic E-state index is -4.64. The van der Waals surface area contributed by atoms with Gasteiger partial charge in [-0.05, 0) is 35.9 Å². The quantitative estimate of drug-likeness (QED) is 0.528. The third-order valence-corrected chi connectivity index (χ3v) is 5.10. The summed E-state index contributed by atoms with van der Waals surface area (Å²) in [6.07, 6.45) is -2.48. The molecule has 2 aromatic rings. The maximum Gasteiger partial charge on any atom is 0.416 e. The lowest BCUT2D eigenvalue weighted by Crippen LogP contribution is -2.39. The second-order valence-corrected chi connectivity index (χ2v) is 8.50. The Morgan fingerprint density at radius 1 is 1.10 bits per heavy atom. The summed E-state index contributed by atoms with van der Waals surface area (Å²) in [5.41, 5.74) is 2.55. The molecule has 30 heavy (non-hydrogen) atoms. The fraction of sp³-hybridized carbons (Fsp3) is 0.263. The van der Waals surface area contributed by atoms with Crippen molar-refractivity contribution in [2.24, 2.45) is 5.10 Å². The minimum absolute atomic E-state index is 0.272. The topological polar surface area (TPSA) is 82.1 Å². The van der Waals surface area contributed by atoms with E-state index in [1.54, 1.807) is 12.1 Å². The fourth-order valence-corrected chi connectivity index (χ4v) is 3.29. The van der Waals surface area contributed by atoms with Crippen molar-refractivity contribution >= 4 is 33.5 Å². The van der Waals surface area contributed by atoms with Crippen LogP contribution in [0.4, 0.5) is 24.5 Å². The maximum absolute atomic E-state index is 12.9. The molecule has 0 atom stereocenters. The van der Waals surface area contributed by atoms with E-state index in [1.807, 2.05) is 31.1 Å². The van der Waals surface area contributed by atoms with Crippen LogP contribution >= 0.6 is 0 Å². The fourth-order valence-electron chi connectivity index (χ4n) is 2.44. The molecule has 7 nitrogen and oxygen atoms in total. The first-order valence-corrected chi connectivity index (χ1v) is 10.5. The van der Waals surface area contributed by atoms with Crippen molar-refractivity contribution in [3.8, 4) is 0 Å². The molecule has 0 aliphatic carbocycles. The number of hydrogen-bond acceptors (Lipinski definition) is 5. The van der Waals surface area contributed by atoms with E-state index in [4.69, 9.17) is 0 Å². The molecule has 1 amide bonds. The van der Waals surface area contributed by atoms with Crippen molar-refractivity contribution in [1.82, 2.24) is 5.43 Å². The molecule has 1 N–H and O–H groups in total. The molecule has 0 fully saturated rings. The number of amides is 1.